The zero-order chi connectivity index (χ0) is 11.2. The van der Waals surface area contributed by atoms with E-state index >= 15 is 0 Å². The van der Waals surface area contributed by atoms with Crippen molar-refractivity contribution in [1.82, 2.24) is 0 Å². The molecule has 16 heavy (non-hydrogen) atoms. The van der Waals surface area contributed by atoms with E-state index in [2.05, 4.69) is 67.6 Å². The lowest BCUT2D eigenvalue weighted by atomic mass is 10.1. The predicted octanol–water partition coefficient (Wildman–Crippen LogP) is 3.07. The Morgan fingerprint density at radius 1 is 0.875 bits per heavy atom. The van der Waals surface area contributed by atoms with Gasteiger partial charge in [-0.05, 0) is 17.5 Å². The van der Waals surface area contributed by atoms with Crippen LogP contribution >= 0.6 is 0 Å². The van der Waals surface area contributed by atoms with Crippen molar-refractivity contribution in [2.75, 3.05) is 0 Å². The van der Waals surface area contributed by atoms with Crippen molar-refractivity contribution in [1.29, 1.82) is 0 Å². The maximum Gasteiger partial charge on any atom is 0.0843 e. The van der Waals surface area contributed by atoms with Crippen molar-refractivity contribution < 1.29 is 0 Å². The fourth-order valence-electron chi connectivity index (χ4n) is 1.84. The van der Waals surface area contributed by atoms with Gasteiger partial charge in [0.05, 0.1) is 9.52 Å². The summed E-state index contributed by atoms with van der Waals surface area (Å²) in [6.07, 6.45) is 1.17. The summed E-state index contributed by atoms with van der Waals surface area (Å²) < 4.78 is 0. The first kappa shape index (κ1) is 11.2. The van der Waals surface area contributed by atoms with Crippen molar-refractivity contribution in [2.24, 2.45) is 0 Å². The van der Waals surface area contributed by atoms with Gasteiger partial charge in [0.2, 0.25) is 0 Å². The first-order chi connectivity index (χ1) is 7.84. The highest BCUT2D eigenvalue weighted by molar-refractivity contribution is 6.54. The third-order valence-corrected chi connectivity index (χ3v) is 3.94. The maximum atomic E-state index is 2.33. The predicted molar refractivity (Wildman–Crippen MR) is 71.4 cm³/mol. The lowest BCUT2D eigenvalue weighted by Gasteiger charge is -2.10. The second-order valence-electron chi connectivity index (χ2n) is 4.10. The lowest BCUT2D eigenvalue weighted by Crippen LogP contribution is -2.18. The molecule has 0 heterocycles. The lowest BCUT2D eigenvalue weighted by molar-refractivity contribution is 0.909. The fourth-order valence-corrected chi connectivity index (χ4v) is 3.13. The summed E-state index contributed by atoms with van der Waals surface area (Å²) in [5, 5.41) is 1.46. The molecule has 1 heteroatoms. The van der Waals surface area contributed by atoms with Crippen molar-refractivity contribution in [3.8, 4) is 0 Å². The molecule has 0 saturated carbocycles. The summed E-state index contributed by atoms with van der Waals surface area (Å²) in [5.41, 5.74) is 2.17. The summed E-state index contributed by atoms with van der Waals surface area (Å²) in [5.74, 6) is 0. The van der Waals surface area contributed by atoms with Crippen LogP contribution in [-0.4, -0.2) is 9.52 Å². The molecule has 0 aliphatic carbocycles. The van der Waals surface area contributed by atoms with Gasteiger partial charge in [0.15, 0.2) is 0 Å². The highest BCUT2D eigenvalue weighted by Crippen LogP contribution is 2.11. The van der Waals surface area contributed by atoms with Crippen LogP contribution in [-0.2, 0) is 6.42 Å². The molecule has 2 aromatic carbocycles. The van der Waals surface area contributed by atoms with Gasteiger partial charge < -0.3 is 0 Å². The molecule has 0 saturated heterocycles. The molecule has 1 unspecified atom stereocenters. The van der Waals surface area contributed by atoms with Gasteiger partial charge >= 0.3 is 0 Å². The van der Waals surface area contributed by atoms with E-state index < -0.39 is 0 Å². The number of rotatable bonds is 4. The Kier molecular flexibility index (Phi) is 3.95. The van der Waals surface area contributed by atoms with Crippen LogP contribution in [0.3, 0.4) is 0 Å². The SMILES string of the molecule is CC(Cc1ccccc1)[Si]c1ccccc1. The Hall–Kier alpha value is -1.34. The highest BCUT2D eigenvalue weighted by atomic mass is 28.2. The Balaban J connectivity index is 1.92. The van der Waals surface area contributed by atoms with Crippen LogP contribution in [0, 0.1) is 0 Å². The van der Waals surface area contributed by atoms with Crippen LogP contribution in [0.2, 0.25) is 5.54 Å². The highest BCUT2D eigenvalue weighted by Gasteiger charge is 2.05. The first-order valence-corrected chi connectivity index (χ1v) is 6.78. The standard InChI is InChI=1S/C15H16Si/c1-13(12-14-8-4-2-5-9-14)16-15-10-6-3-7-11-15/h2-11,13H,12H2,1H3. The molecule has 0 bridgehead atoms. The molecule has 0 spiro atoms. The molecule has 0 nitrogen and oxygen atoms in total. The molecule has 80 valence electrons. The summed E-state index contributed by atoms with van der Waals surface area (Å²) in [7, 11) is 0.904. The normalized spacial score (nSPS) is 12.3. The summed E-state index contributed by atoms with van der Waals surface area (Å²) in [6.45, 7) is 2.33. The van der Waals surface area contributed by atoms with Crippen LogP contribution < -0.4 is 5.19 Å². The second-order valence-corrected chi connectivity index (χ2v) is 5.95. The van der Waals surface area contributed by atoms with Gasteiger partial charge in [0.25, 0.3) is 0 Å². The minimum Gasteiger partial charge on any atom is -0.0647 e. The molecule has 0 aromatic heterocycles. The fraction of sp³-hybridized carbons (Fsp3) is 0.200. The van der Waals surface area contributed by atoms with Crippen molar-refractivity contribution in [3.05, 3.63) is 66.2 Å². The molecule has 1 atom stereocenters. The quantitative estimate of drug-likeness (QED) is 0.700. The van der Waals surface area contributed by atoms with Crippen LogP contribution in [0.5, 0.6) is 0 Å². The number of hydrogen-bond donors (Lipinski definition) is 0. The van der Waals surface area contributed by atoms with Crippen LogP contribution in [0.25, 0.3) is 0 Å². The molecule has 0 N–H and O–H groups in total. The molecule has 2 aromatic rings. The van der Waals surface area contributed by atoms with Crippen LogP contribution in [0.1, 0.15) is 12.5 Å². The molecule has 0 fully saturated rings. The van der Waals surface area contributed by atoms with Crippen molar-refractivity contribution >= 4 is 14.7 Å². The van der Waals surface area contributed by atoms with E-state index in [4.69, 9.17) is 0 Å². The van der Waals surface area contributed by atoms with E-state index in [9.17, 15) is 0 Å². The third kappa shape index (κ3) is 3.35. The Morgan fingerprint density at radius 2 is 1.44 bits per heavy atom. The first-order valence-electron chi connectivity index (χ1n) is 5.70. The minimum atomic E-state index is 0.727. The van der Waals surface area contributed by atoms with Gasteiger partial charge in [0, 0.05) is 0 Å². The summed E-state index contributed by atoms with van der Waals surface area (Å²) in [4.78, 5) is 0. The smallest absolute Gasteiger partial charge is 0.0647 e. The molecule has 2 rings (SSSR count). The summed E-state index contributed by atoms with van der Waals surface area (Å²) >= 11 is 0. The van der Waals surface area contributed by atoms with E-state index in [0.717, 1.165) is 15.1 Å². The third-order valence-electron chi connectivity index (χ3n) is 2.57. The summed E-state index contributed by atoms with van der Waals surface area (Å²) in [6, 6.07) is 21.5. The Bertz CT molecular complexity index is 366. The average molecular weight is 224 g/mol. The Morgan fingerprint density at radius 3 is 2.06 bits per heavy atom. The zero-order valence-electron chi connectivity index (χ0n) is 9.56. The topological polar surface area (TPSA) is 0 Å². The van der Waals surface area contributed by atoms with Gasteiger partial charge in [-0.25, -0.2) is 0 Å². The largest absolute Gasteiger partial charge is 0.0843 e. The maximum absolute atomic E-state index is 2.33. The second kappa shape index (κ2) is 5.66. The monoisotopic (exact) mass is 224 g/mol. The van der Waals surface area contributed by atoms with Gasteiger partial charge in [-0.1, -0.05) is 72.8 Å². The average Bonchev–Trinajstić information content (AvgIpc) is 2.31. The zero-order valence-corrected chi connectivity index (χ0v) is 10.6. The number of benzene rings is 2. The van der Waals surface area contributed by atoms with Gasteiger partial charge in [-0.2, -0.15) is 0 Å². The molecule has 0 aliphatic rings. The molecular formula is C15H16Si. The molecule has 0 amide bonds. The van der Waals surface area contributed by atoms with Crippen molar-refractivity contribution in [3.63, 3.8) is 0 Å². The molecule has 2 radical (unpaired) electrons. The van der Waals surface area contributed by atoms with E-state index in [1.54, 1.807) is 0 Å². The van der Waals surface area contributed by atoms with Crippen LogP contribution in [0.15, 0.2) is 60.7 Å². The minimum absolute atomic E-state index is 0.727. The van der Waals surface area contributed by atoms with E-state index in [0.29, 0.717) is 0 Å². The van der Waals surface area contributed by atoms with E-state index in [1.807, 2.05) is 0 Å². The Labute approximate surface area is 100 Å². The van der Waals surface area contributed by atoms with Gasteiger partial charge in [-0.15, -0.1) is 0 Å². The van der Waals surface area contributed by atoms with Gasteiger partial charge in [-0.3, -0.25) is 0 Å². The van der Waals surface area contributed by atoms with Crippen LogP contribution in [0.4, 0.5) is 0 Å². The van der Waals surface area contributed by atoms with E-state index in [-0.39, 0.29) is 0 Å². The van der Waals surface area contributed by atoms with Gasteiger partial charge in [0.1, 0.15) is 0 Å². The molecular weight excluding hydrogens is 208 g/mol. The number of hydrogen-bond acceptors (Lipinski definition) is 0. The van der Waals surface area contributed by atoms with Crippen molar-refractivity contribution in [2.45, 2.75) is 18.9 Å². The molecule has 0 aliphatic heterocycles. The van der Waals surface area contributed by atoms with E-state index in [1.165, 1.54) is 17.2 Å².